The molecule has 0 amide bonds. The van der Waals surface area contributed by atoms with Gasteiger partial charge in [0.05, 0.1) is 0 Å². The van der Waals surface area contributed by atoms with Gasteiger partial charge in [0.1, 0.15) is 0 Å². The predicted octanol–water partition coefficient (Wildman–Crippen LogP) is 2.36. The third kappa shape index (κ3) is 2.71. The molecule has 0 aliphatic carbocycles. The molecule has 0 aliphatic rings. The van der Waals surface area contributed by atoms with Crippen LogP contribution in [0.25, 0.3) is 11.4 Å². The number of pyridine rings is 1. The number of tetrazole rings is 1. The maximum atomic E-state index is 4.20. The van der Waals surface area contributed by atoms with E-state index >= 15 is 0 Å². The van der Waals surface area contributed by atoms with Gasteiger partial charge in [-0.2, -0.15) is 5.21 Å². The predicted molar refractivity (Wildman–Crippen MR) is 76.0 cm³/mol. The quantitative estimate of drug-likeness (QED) is 0.786. The van der Waals surface area contributed by atoms with Gasteiger partial charge in [-0.15, -0.1) is 10.2 Å². The first-order valence-corrected chi connectivity index (χ1v) is 6.55. The molecule has 0 spiro atoms. The molecule has 3 aromatic rings. The maximum absolute atomic E-state index is 4.20. The molecular formula is C15H15N5. The lowest BCUT2D eigenvalue weighted by molar-refractivity contribution is 0.881. The van der Waals surface area contributed by atoms with Crippen molar-refractivity contribution in [3.8, 4) is 11.4 Å². The summed E-state index contributed by atoms with van der Waals surface area (Å²) in [5, 5.41) is 14.2. The average molecular weight is 265 g/mol. The summed E-state index contributed by atoms with van der Waals surface area (Å²) in [5.74, 6) is 0.617. The zero-order valence-corrected chi connectivity index (χ0v) is 11.2. The molecule has 5 nitrogen and oxygen atoms in total. The monoisotopic (exact) mass is 265 g/mol. The van der Waals surface area contributed by atoms with Crippen LogP contribution in [-0.2, 0) is 12.8 Å². The Bertz CT molecular complexity index is 674. The third-order valence-corrected chi connectivity index (χ3v) is 3.29. The normalized spacial score (nSPS) is 10.7. The molecule has 0 saturated carbocycles. The van der Waals surface area contributed by atoms with Crippen LogP contribution in [-0.4, -0.2) is 25.6 Å². The molecule has 100 valence electrons. The molecule has 0 aliphatic heterocycles. The molecule has 0 bridgehead atoms. The number of aromatic nitrogens is 5. The standard InChI is InChI=1S/C15H15N5/c1-11-2-4-12(5-3-11)6-7-13-10-16-9-8-14(13)15-17-19-20-18-15/h2-5,8-10H,6-7H2,1H3,(H,17,18,19,20). The molecule has 1 N–H and O–H groups in total. The fourth-order valence-corrected chi connectivity index (χ4v) is 2.15. The van der Waals surface area contributed by atoms with Gasteiger partial charge in [-0.25, -0.2) is 0 Å². The Hall–Kier alpha value is -2.56. The van der Waals surface area contributed by atoms with Crippen molar-refractivity contribution < 1.29 is 0 Å². The van der Waals surface area contributed by atoms with Crippen molar-refractivity contribution in [3.05, 3.63) is 59.4 Å². The van der Waals surface area contributed by atoms with Crippen LogP contribution in [0.3, 0.4) is 0 Å². The van der Waals surface area contributed by atoms with Gasteiger partial charge >= 0.3 is 0 Å². The van der Waals surface area contributed by atoms with Crippen LogP contribution in [0.4, 0.5) is 0 Å². The highest BCUT2D eigenvalue weighted by Gasteiger charge is 2.09. The van der Waals surface area contributed by atoms with Crippen molar-refractivity contribution in [1.29, 1.82) is 0 Å². The minimum Gasteiger partial charge on any atom is -0.264 e. The van der Waals surface area contributed by atoms with Gasteiger partial charge in [-0.05, 0) is 42.2 Å². The topological polar surface area (TPSA) is 67.3 Å². The second-order valence-corrected chi connectivity index (χ2v) is 4.75. The number of rotatable bonds is 4. The summed E-state index contributed by atoms with van der Waals surface area (Å²) in [6.07, 6.45) is 5.50. The van der Waals surface area contributed by atoms with Crippen molar-refractivity contribution in [2.45, 2.75) is 19.8 Å². The van der Waals surface area contributed by atoms with E-state index in [2.05, 4.69) is 56.8 Å². The van der Waals surface area contributed by atoms with Crippen molar-refractivity contribution >= 4 is 0 Å². The highest BCUT2D eigenvalue weighted by Crippen LogP contribution is 2.19. The van der Waals surface area contributed by atoms with Gasteiger partial charge in [-0.1, -0.05) is 29.8 Å². The van der Waals surface area contributed by atoms with E-state index in [1.165, 1.54) is 11.1 Å². The van der Waals surface area contributed by atoms with E-state index in [0.717, 1.165) is 24.0 Å². The molecular weight excluding hydrogens is 250 g/mol. The van der Waals surface area contributed by atoms with Crippen molar-refractivity contribution in [3.63, 3.8) is 0 Å². The minimum absolute atomic E-state index is 0.617. The zero-order chi connectivity index (χ0) is 13.8. The molecule has 1 aromatic carbocycles. The number of H-pyrrole nitrogens is 1. The smallest absolute Gasteiger partial charge is 0.205 e. The summed E-state index contributed by atoms with van der Waals surface area (Å²) in [6, 6.07) is 10.5. The molecule has 2 heterocycles. The summed E-state index contributed by atoms with van der Waals surface area (Å²) in [5.41, 5.74) is 4.72. The molecule has 20 heavy (non-hydrogen) atoms. The Balaban J connectivity index is 1.79. The van der Waals surface area contributed by atoms with Crippen molar-refractivity contribution in [2.75, 3.05) is 0 Å². The second-order valence-electron chi connectivity index (χ2n) is 4.75. The van der Waals surface area contributed by atoms with Gasteiger partial charge in [0.15, 0.2) is 0 Å². The maximum Gasteiger partial charge on any atom is 0.205 e. The Morgan fingerprint density at radius 2 is 1.90 bits per heavy atom. The number of nitrogens with one attached hydrogen (secondary N) is 1. The SMILES string of the molecule is Cc1ccc(CCc2cnccc2-c2nn[nH]n2)cc1. The summed E-state index contributed by atoms with van der Waals surface area (Å²) < 4.78 is 0. The van der Waals surface area contributed by atoms with Crippen LogP contribution in [0.5, 0.6) is 0 Å². The minimum atomic E-state index is 0.617. The number of benzene rings is 1. The molecule has 0 atom stereocenters. The molecule has 0 fully saturated rings. The lowest BCUT2D eigenvalue weighted by Gasteiger charge is -2.06. The van der Waals surface area contributed by atoms with E-state index in [4.69, 9.17) is 0 Å². The van der Waals surface area contributed by atoms with E-state index in [1.54, 1.807) is 6.20 Å². The van der Waals surface area contributed by atoms with Crippen LogP contribution in [0, 0.1) is 6.92 Å². The fraction of sp³-hybridized carbons (Fsp3) is 0.200. The molecule has 0 saturated heterocycles. The molecule has 5 heteroatoms. The first kappa shape index (κ1) is 12.5. The van der Waals surface area contributed by atoms with Crippen molar-refractivity contribution in [2.24, 2.45) is 0 Å². The number of hydrogen-bond donors (Lipinski definition) is 1. The van der Waals surface area contributed by atoms with E-state index in [-0.39, 0.29) is 0 Å². The van der Waals surface area contributed by atoms with Gasteiger partial charge in [0.25, 0.3) is 0 Å². The lowest BCUT2D eigenvalue weighted by Crippen LogP contribution is -1.96. The molecule has 0 radical (unpaired) electrons. The van der Waals surface area contributed by atoms with E-state index < -0.39 is 0 Å². The molecule has 0 unspecified atom stereocenters. The summed E-state index contributed by atoms with van der Waals surface area (Å²) in [7, 11) is 0. The van der Waals surface area contributed by atoms with Crippen LogP contribution in [0.15, 0.2) is 42.7 Å². The van der Waals surface area contributed by atoms with Gasteiger partial charge in [-0.3, -0.25) is 4.98 Å². The van der Waals surface area contributed by atoms with E-state index in [9.17, 15) is 0 Å². The number of aromatic amines is 1. The summed E-state index contributed by atoms with van der Waals surface area (Å²) in [6.45, 7) is 2.10. The lowest BCUT2D eigenvalue weighted by atomic mass is 10.0. The average Bonchev–Trinajstić information content (AvgIpc) is 3.01. The largest absolute Gasteiger partial charge is 0.264 e. The zero-order valence-electron chi connectivity index (χ0n) is 11.2. The van der Waals surface area contributed by atoms with Crippen molar-refractivity contribution in [1.82, 2.24) is 25.6 Å². The van der Waals surface area contributed by atoms with Gasteiger partial charge in [0, 0.05) is 18.0 Å². The van der Waals surface area contributed by atoms with Gasteiger partial charge in [0.2, 0.25) is 5.82 Å². The van der Waals surface area contributed by atoms with Crippen LogP contribution >= 0.6 is 0 Å². The Morgan fingerprint density at radius 3 is 2.65 bits per heavy atom. The van der Waals surface area contributed by atoms with Crippen LogP contribution < -0.4 is 0 Å². The van der Waals surface area contributed by atoms with Gasteiger partial charge < -0.3 is 0 Å². The number of hydrogen-bond acceptors (Lipinski definition) is 4. The van der Waals surface area contributed by atoms with Crippen LogP contribution in [0.2, 0.25) is 0 Å². The Labute approximate surface area is 117 Å². The van der Waals surface area contributed by atoms with E-state index in [1.807, 2.05) is 12.3 Å². The number of aryl methyl sites for hydroxylation is 3. The summed E-state index contributed by atoms with van der Waals surface area (Å²) >= 11 is 0. The molecule has 3 rings (SSSR count). The first-order valence-electron chi connectivity index (χ1n) is 6.55. The Morgan fingerprint density at radius 1 is 1.05 bits per heavy atom. The Kier molecular flexibility index (Phi) is 3.50. The fourth-order valence-electron chi connectivity index (χ4n) is 2.15. The third-order valence-electron chi connectivity index (χ3n) is 3.29. The van der Waals surface area contributed by atoms with Crippen LogP contribution in [0.1, 0.15) is 16.7 Å². The highest BCUT2D eigenvalue weighted by atomic mass is 15.5. The number of nitrogens with zero attached hydrogens (tertiary/aromatic N) is 4. The first-order chi connectivity index (χ1) is 9.83. The summed E-state index contributed by atoms with van der Waals surface area (Å²) in [4.78, 5) is 4.20. The molecule has 2 aromatic heterocycles. The highest BCUT2D eigenvalue weighted by molar-refractivity contribution is 5.58. The van der Waals surface area contributed by atoms with E-state index in [0.29, 0.717) is 5.82 Å². The second kappa shape index (κ2) is 5.61.